The maximum atomic E-state index is 11.6. The summed E-state index contributed by atoms with van der Waals surface area (Å²) >= 11 is 1.78. The number of hydrogen-bond donors (Lipinski definition) is 2. The van der Waals surface area contributed by atoms with Crippen molar-refractivity contribution in [2.45, 2.75) is 26.0 Å². The summed E-state index contributed by atoms with van der Waals surface area (Å²) in [5.74, 6) is -0.568. The van der Waals surface area contributed by atoms with Crippen LogP contribution in [0.15, 0.2) is 0 Å². The van der Waals surface area contributed by atoms with Gasteiger partial charge < -0.3 is 15.3 Å². The van der Waals surface area contributed by atoms with Gasteiger partial charge in [-0.3, -0.25) is 4.79 Å². The average molecular weight is 262 g/mol. The van der Waals surface area contributed by atoms with E-state index in [-0.39, 0.29) is 12.6 Å². The van der Waals surface area contributed by atoms with Crippen LogP contribution in [0, 0.1) is 5.92 Å². The highest BCUT2D eigenvalue weighted by Crippen LogP contribution is 2.07. The lowest BCUT2D eigenvalue weighted by atomic mass is 10.2. The summed E-state index contributed by atoms with van der Waals surface area (Å²) in [4.78, 5) is 23.6. The number of thioether (sulfide) groups is 1. The molecule has 0 spiro atoms. The molecule has 2 N–H and O–H groups in total. The van der Waals surface area contributed by atoms with E-state index in [1.165, 1.54) is 4.90 Å². The van der Waals surface area contributed by atoms with E-state index in [1.54, 1.807) is 25.7 Å². The number of amides is 2. The number of aliphatic carboxylic acids is 1. The quantitative estimate of drug-likeness (QED) is 0.682. The fourth-order valence-electron chi connectivity index (χ4n) is 1.16. The Morgan fingerprint density at radius 1 is 1.35 bits per heavy atom. The van der Waals surface area contributed by atoms with Crippen molar-refractivity contribution in [3.63, 3.8) is 0 Å². The molecule has 0 aliphatic carbocycles. The Kier molecular flexibility index (Phi) is 7.78. The zero-order valence-electron chi connectivity index (χ0n) is 10.9. The van der Waals surface area contributed by atoms with Crippen molar-refractivity contribution in [1.82, 2.24) is 10.2 Å². The van der Waals surface area contributed by atoms with Crippen LogP contribution in [0.1, 0.15) is 20.8 Å². The average Bonchev–Trinajstić information content (AvgIpc) is 2.23. The molecule has 5 nitrogen and oxygen atoms in total. The maximum absolute atomic E-state index is 11.6. The second kappa shape index (κ2) is 8.22. The van der Waals surface area contributed by atoms with Gasteiger partial charge in [-0.05, 0) is 5.25 Å². The molecule has 0 aliphatic rings. The third-order valence-corrected chi connectivity index (χ3v) is 3.25. The van der Waals surface area contributed by atoms with Crippen LogP contribution in [-0.2, 0) is 4.79 Å². The van der Waals surface area contributed by atoms with Crippen molar-refractivity contribution in [1.29, 1.82) is 0 Å². The van der Waals surface area contributed by atoms with Gasteiger partial charge in [-0.2, -0.15) is 11.8 Å². The number of carbonyl (C=O) groups excluding carboxylic acids is 1. The van der Waals surface area contributed by atoms with E-state index >= 15 is 0 Å². The molecule has 0 bridgehead atoms. The molecule has 1 atom stereocenters. The predicted octanol–water partition coefficient (Wildman–Crippen LogP) is 1.49. The lowest BCUT2D eigenvalue weighted by Crippen LogP contribution is -2.41. The lowest BCUT2D eigenvalue weighted by Gasteiger charge is -2.20. The summed E-state index contributed by atoms with van der Waals surface area (Å²) in [5, 5.41) is 12.0. The van der Waals surface area contributed by atoms with E-state index in [0.29, 0.717) is 11.8 Å². The molecule has 2 amide bonds. The Bertz CT molecular complexity index is 259. The molecule has 0 heterocycles. The second-order valence-electron chi connectivity index (χ2n) is 4.27. The first kappa shape index (κ1) is 16.1. The standard InChI is InChI=1S/C11H22N2O3S/c1-8(2)17-6-5-12-11(16)13(4)7-9(3)10(14)15/h8-9H,5-7H2,1-4H3,(H,12,16)(H,14,15). The van der Waals surface area contributed by atoms with Crippen LogP contribution in [0.25, 0.3) is 0 Å². The van der Waals surface area contributed by atoms with Crippen LogP contribution in [0.2, 0.25) is 0 Å². The van der Waals surface area contributed by atoms with Crippen molar-refractivity contribution < 1.29 is 14.7 Å². The highest BCUT2D eigenvalue weighted by Gasteiger charge is 2.16. The van der Waals surface area contributed by atoms with Gasteiger partial charge in [0.15, 0.2) is 0 Å². The fraction of sp³-hybridized carbons (Fsp3) is 0.818. The zero-order valence-corrected chi connectivity index (χ0v) is 11.7. The summed E-state index contributed by atoms with van der Waals surface area (Å²) in [7, 11) is 1.60. The molecule has 0 radical (unpaired) electrons. The van der Waals surface area contributed by atoms with Crippen molar-refractivity contribution in [2.24, 2.45) is 5.92 Å². The topological polar surface area (TPSA) is 69.6 Å². The van der Waals surface area contributed by atoms with Crippen molar-refractivity contribution in [3.8, 4) is 0 Å². The van der Waals surface area contributed by atoms with Gasteiger partial charge in [0.05, 0.1) is 5.92 Å². The number of carboxylic acid groups (broad SMARTS) is 1. The smallest absolute Gasteiger partial charge is 0.317 e. The molecule has 0 aliphatic heterocycles. The zero-order chi connectivity index (χ0) is 13.4. The van der Waals surface area contributed by atoms with Gasteiger partial charge in [0.1, 0.15) is 0 Å². The molecular weight excluding hydrogens is 240 g/mol. The molecule has 0 fully saturated rings. The van der Waals surface area contributed by atoms with Crippen LogP contribution < -0.4 is 5.32 Å². The van der Waals surface area contributed by atoms with E-state index in [0.717, 1.165) is 5.75 Å². The van der Waals surface area contributed by atoms with Crippen LogP contribution in [-0.4, -0.2) is 53.1 Å². The van der Waals surface area contributed by atoms with Gasteiger partial charge in [0.25, 0.3) is 0 Å². The molecule has 0 saturated heterocycles. The Balaban J connectivity index is 3.78. The Labute approximate surface area is 107 Å². The first-order valence-electron chi connectivity index (χ1n) is 5.68. The minimum atomic E-state index is -0.889. The minimum absolute atomic E-state index is 0.220. The van der Waals surface area contributed by atoms with Crippen LogP contribution >= 0.6 is 11.8 Å². The molecule has 17 heavy (non-hydrogen) atoms. The third kappa shape index (κ3) is 7.90. The molecule has 1 unspecified atom stereocenters. The summed E-state index contributed by atoms with van der Waals surface area (Å²) in [6, 6.07) is -0.220. The van der Waals surface area contributed by atoms with Crippen LogP contribution in [0.3, 0.4) is 0 Å². The Morgan fingerprint density at radius 3 is 2.41 bits per heavy atom. The van der Waals surface area contributed by atoms with Crippen LogP contribution in [0.5, 0.6) is 0 Å². The number of urea groups is 1. The maximum Gasteiger partial charge on any atom is 0.317 e. The lowest BCUT2D eigenvalue weighted by molar-refractivity contribution is -0.141. The highest BCUT2D eigenvalue weighted by molar-refractivity contribution is 7.99. The summed E-state index contributed by atoms with van der Waals surface area (Å²) in [5.41, 5.74) is 0. The predicted molar refractivity (Wildman–Crippen MR) is 70.4 cm³/mol. The molecule has 0 aromatic rings. The van der Waals surface area contributed by atoms with Gasteiger partial charge in [-0.1, -0.05) is 20.8 Å². The normalized spacial score (nSPS) is 12.3. The van der Waals surface area contributed by atoms with E-state index in [9.17, 15) is 9.59 Å². The molecule has 0 saturated carbocycles. The van der Waals surface area contributed by atoms with E-state index in [4.69, 9.17) is 5.11 Å². The van der Waals surface area contributed by atoms with Crippen LogP contribution in [0.4, 0.5) is 4.79 Å². The third-order valence-electron chi connectivity index (χ3n) is 2.15. The second-order valence-corrected chi connectivity index (χ2v) is 5.96. The van der Waals surface area contributed by atoms with Gasteiger partial charge in [-0.15, -0.1) is 0 Å². The van der Waals surface area contributed by atoms with E-state index < -0.39 is 11.9 Å². The Morgan fingerprint density at radius 2 is 1.94 bits per heavy atom. The van der Waals surface area contributed by atoms with Gasteiger partial charge >= 0.3 is 12.0 Å². The number of hydrogen-bond acceptors (Lipinski definition) is 3. The summed E-state index contributed by atoms with van der Waals surface area (Å²) in [6.45, 7) is 6.62. The molecule has 0 rings (SSSR count). The minimum Gasteiger partial charge on any atom is -0.481 e. The number of rotatable bonds is 7. The van der Waals surface area contributed by atoms with E-state index in [1.807, 2.05) is 0 Å². The molecule has 100 valence electrons. The fourth-order valence-corrected chi connectivity index (χ4v) is 1.85. The molecule has 0 aromatic heterocycles. The monoisotopic (exact) mass is 262 g/mol. The molecular formula is C11H22N2O3S. The van der Waals surface area contributed by atoms with Crippen molar-refractivity contribution >= 4 is 23.8 Å². The first-order valence-corrected chi connectivity index (χ1v) is 6.72. The highest BCUT2D eigenvalue weighted by atomic mass is 32.2. The number of nitrogens with zero attached hydrogens (tertiary/aromatic N) is 1. The first-order chi connectivity index (χ1) is 7.84. The summed E-state index contributed by atoms with van der Waals surface area (Å²) < 4.78 is 0. The summed E-state index contributed by atoms with van der Waals surface area (Å²) in [6.07, 6.45) is 0. The Hall–Kier alpha value is -0.910. The number of carbonyl (C=O) groups is 2. The number of nitrogens with one attached hydrogen (secondary N) is 1. The van der Waals surface area contributed by atoms with E-state index in [2.05, 4.69) is 19.2 Å². The van der Waals surface area contributed by atoms with Gasteiger partial charge in [0, 0.05) is 25.9 Å². The van der Waals surface area contributed by atoms with Crippen molar-refractivity contribution in [2.75, 3.05) is 25.9 Å². The number of carboxylic acids is 1. The van der Waals surface area contributed by atoms with Gasteiger partial charge in [0.2, 0.25) is 0 Å². The van der Waals surface area contributed by atoms with Crippen molar-refractivity contribution in [3.05, 3.63) is 0 Å². The largest absolute Gasteiger partial charge is 0.481 e. The molecule has 0 aromatic carbocycles. The van der Waals surface area contributed by atoms with Gasteiger partial charge in [-0.25, -0.2) is 4.79 Å². The SMILES string of the molecule is CC(C)SCCNC(=O)N(C)CC(C)C(=O)O. The molecule has 6 heteroatoms.